The first-order chi connectivity index (χ1) is 6.27. The van der Waals surface area contributed by atoms with E-state index in [1.54, 1.807) is 19.9 Å². The van der Waals surface area contributed by atoms with E-state index in [-0.39, 0.29) is 11.5 Å². The van der Waals surface area contributed by atoms with Gasteiger partial charge in [-0.15, -0.1) is 0 Å². The topological polar surface area (TPSA) is 63.3 Å². The van der Waals surface area contributed by atoms with Gasteiger partial charge in [-0.25, -0.2) is 0 Å². The van der Waals surface area contributed by atoms with Gasteiger partial charge in [-0.2, -0.15) is 0 Å². The third-order valence-corrected chi connectivity index (χ3v) is 2.50. The van der Waals surface area contributed by atoms with Crippen LogP contribution in [0.2, 0.25) is 0 Å². The van der Waals surface area contributed by atoms with Gasteiger partial charge in [-0.1, -0.05) is 6.08 Å². The van der Waals surface area contributed by atoms with Gasteiger partial charge < -0.3 is 10.8 Å². The molecule has 0 spiro atoms. The number of nitrogens with two attached hydrogens (primary N) is 1. The molecule has 1 aliphatic carbocycles. The fourth-order valence-corrected chi connectivity index (χ4v) is 1.76. The monoisotopic (exact) mass is 195 g/mol. The zero-order valence-corrected chi connectivity index (χ0v) is 9.09. The van der Waals surface area contributed by atoms with Crippen LogP contribution in [0.5, 0.6) is 0 Å². The van der Waals surface area contributed by atoms with Crippen LogP contribution in [-0.4, -0.2) is 16.9 Å². The van der Waals surface area contributed by atoms with Crippen molar-refractivity contribution < 1.29 is 9.90 Å². The fourth-order valence-electron chi connectivity index (χ4n) is 1.76. The number of aliphatic hydroxyl groups is 1. The van der Waals surface area contributed by atoms with E-state index in [1.165, 1.54) is 0 Å². The second-order valence-corrected chi connectivity index (χ2v) is 4.43. The highest BCUT2D eigenvalue weighted by molar-refractivity contribution is 6.10. The normalized spacial score (nSPS) is 23.5. The van der Waals surface area contributed by atoms with Gasteiger partial charge in [0.2, 0.25) is 0 Å². The van der Waals surface area contributed by atoms with Crippen LogP contribution in [0.3, 0.4) is 0 Å². The first-order valence-corrected chi connectivity index (χ1v) is 4.70. The predicted molar refractivity (Wildman–Crippen MR) is 55.8 cm³/mol. The highest BCUT2D eigenvalue weighted by Crippen LogP contribution is 2.35. The van der Waals surface area contributed by atoms with E-state index < -0.39 is 11.5 Å². The van der Waals surface area contributed by atoms with Crippen LogP contribution in [0.4, 0.5) is 0 Å². The van der Waals surface area contributed by atoms with Gasteiger partial charge in [0.25, 0.3) is 0 Å². The van der Waals surface area contributed by atoms with Gasteiger partial charge in [0.05, 0.1) is 5.57 Å². The molecule has 0 aromatic heterocycles. The van der Waals surface area contributed by atoms with Crippen LogP contribution >= 0.6 is 0 Å². The molecule has 0 amide bonds. The van der Waals surface area contributed by atoms with Crippen LogP contribution in [0.25, 0.3) is 0 Å². The number of hydrogen-bond donors (Lipinski definition) is 2. The van der Waals surface area contributed by atoms with Crippen molar-refractivity contribution in [3.63, 3.8) is 0 Å². The lowest BCUT2D eigenvalue weighted by atomic mass is 9.78. The molecule has 0 saturated carbocycles. The summed E-state index contributed by atoms with van der Waals surface area (Å²) in [6.45, 7) is 7.18. The minimum Gasteiger partial charge on any atom is -0.511 e. The lowest BCUT2D eigenvalue weighted by molar-refractivity contribution is -0.113. The molecule has 3 nitrogen and oxygen atoms in total. The Morgan fingerprint density at radius 1 is 1.50 bits per heavy atom. The van der Waals surface area contributed by atoms with Crippen molar-refractivity contribution in [3.8, 4) is 0 Å². The van der Waals surface area contributed by atoms with E-state index in [1.807, 2.05) is 13.8 Å². The molecule has 0 aliphatic heterocycles. The zero-order valence-electron chi connectivity index (χ0n) is 9.09. The maximum absolute atomic E-state index is 11.7. The van der Waals surface area contributed by atoms with Gasteiger partial charge in [0.15, 0.2) is 5.78 Å². The van der Waals surface area contributed by atoms with Gasteiger partial charge in [0, 0.05) is 11.5 Å². The van der Waals surface area contributed by atoms with Crippen molar-refractivity contribution in [1.29, 1.82) is 0 Å². The van der Waals surface area contributed by atoms with Crippen molar-refractivity contribution in [3.05, 3.63) is 23.0 Å². The Hall–Kier alpha value is -1.09. The first kappa shape index (κ1) is 11.0. The number of ketones is 1. The van der Waals surface area contributed by atoms with E-state index in [9.17, 15) is 9.90 Å². The molecule has 0 heterocycles. The molecule has 78 valence electrons. The number of Topliss-reactive ketones (excluding diaryl/α,β-unsaturated/α-hetero) is 1. The lowest BCUT2D eigenvalue weighted by Gasteiger charge is -2.29. The Bertz CT molecular complexity index is 335. The number of rotatable bonds is 1. The van der Waals surface area contributed by atoms with Crippen molar-refractivity contribution in [2.75, 3.05) is 0 Å². The maximum Gasteiger partial charge on any atom is 0.189 e. The number of allylic oxidation sites excluding steroid dienone is 2. The lowest BCUT2D eigenvalue weighted by Crippen LogP contribution is -2.33. The number of hydrogen-bond acceptors (Lipinski definition) is 3. The van der Waals surface area contributed by atoms with Crippen molar-refractivity contribution >= 4 is 5.78 Å². The van der Waals surface area contributed by atoms with Crippen LogP contribution in [0.1, 0.15) is 27.7 Å². The molecule has 0 bridgehead atoms. The summed E-state index contributed by atoms with van der Waals surface area (Å²) in [6.07, 6.45) is 1.77. The minimum absolute atomic E-state index is 0.100. The highest BCUT2D eigenvalue weighted by atomic mass is 16.3. The molecule has 1 atom stereocenters. The molecule has 0 aromatic rings. The molecule has 3 heteroatoms. The Balaban J connectivity index is 3.31. The maximum atomic E-state index is 11.7. The Kier molecular flexibility index (Phi) is 2.54. The molecule has 3 N–H and O–H groups in total. The van der Waals surface area contributed by atoms with Crippen LogP contribution in [0, 0.1) is 5.41 Å². The molecular weight excluding hydrogens is 178 g/mol. The van der Waals surface area contributed by atoms with Gasteiger partial charge >= 0.3 is 0 Å². The molecule has 14 heavy (non-hydrogen) atoms. The second-order valence-electron chi connectivity index (χ2n) is 4.43. The largest absolute Gasteiger partial charge is 0.511 e. The van der Waals surface area contributed by atoms with Crippen molar-refractivity contribution in [2.45, 2.75) is 33.7 Å². The summed E-state index contributed by atoms with van der Waals surface area (Å²) in [6, 6.07) is -0.426. The molecule has 1 rings (SSSR count). The third-order valence-electron chi connectivity index (χ3n) is 2.50. The second kappa shape index (κ2) is 3.24. The van der Waals surface area contributed by atoms with Crippen LogP contribution in [0.15, 0.2) is 23.0 Å². The van der Waals surface area contributed by atoms with Crippen LogP contribution < -0.4 is 5.73 Å². The van der Waals surface area contributed by atoms with E-state index in [0.717, 1.165) is 0 Å². The quantitative estimate of drug-likeness (QED) is 0.669. The summed E-state index contributed by atoms with van der Waals surface area (Å²) in [5.74, 6) is -0.0417. The summed E-state index contributed by atoms with van der Waals surface area (Å²) < 4.78 is 0. The van der Waals surface area contributed by atoms with E-state index >= 15 is 0 Å². The summed E-state index contributed by atoms with van der Waals surface area (Å²) in [5, 5.41) is 9.89. The van der Waals surface area contributed by atoms with Gasteiger partial charge in [-0.05, 0) is 33.3 Å². The van der Waals surface area contributed by atoms with E-state index in [0.29, 0.717) is 11.1 Å². The molecule has 1 unspecified atom stereocenters. The number of aliphatic hydroxyl groups excluding tert-OH is 1. The Morgan fingerprint density at radius 2 is 2.00 bits per heavy atom. The molecular formula is C11H17NO2. The van der Waals surface area contributed by atoms with Gasteiger partial charge in [0.1, 0.15) is 5.76 Å². The standard InChI is InChI=1S/C11H17NO2/c1-6-5-11(3,4)10(14)8(7(2)12)9(6)13/h5,7,14H,12H2,1-4H3. The van der Waals surface area contributed by atoms with Crippen molar-refractivity contribution in [2.24, 2.45) is 11.1 Å². The fraction of sp³-hybridized carbons (Fsp3) is 0.545. The molecule has 0 saturated heterocycles. The Labute approximate surface area is 84.3 Å². The van der Waals surface area contributed by atoms with Crippen LogP contribution in [-0.2, 0) is 4.79 Å². The summed E-state index contributed by atoms with van der Waals surface area (Å²) in [4.78, 5) is 11.7. The average molecular weight is 195 g/mol. The average Bonchev–Trinajstić information content (AvgIpc) is 2.00. The number of carbonyl (C=O) groups excluding carboxylic acids is 1. The SMILES string of the molecule is CC1=CC(C)(C)C(O)=C(C(C)N)C1=O. The minimum atomic E-state index is -0.485. The summed E-state index contributed by atoms with van der Waals surface area (Å²) in [7, 11) is 0. The van der Waals surface area contributed by atoms with Crippen molar-refractivity contribution in [1.82, 2.24) is 0 Å². The smallest absolute Gasteiger partial charge is 0.189 e. The third kappa shape index (κ3) is 1.60. The Morgan fingerprint density at radius 3 is 2.43 bits per heavy atom. The van der Waals surface area contributed by atoms with E-state index in [4.69, 9.17) is 5.73 Å². The molecule has 0 radical (unpaired) electrons. The van der Waals surface area contributed by atoms with E-state index in [2.05, 4.69) is 0 Å². The zero-order chi connectivity index (χ0) is 11.1. The predicted octanol–water partition coefficient (Wildman–Crippen LogP) is 1.70. The number of carbonyl (C=O) groups is 1. The molecule has 1 aliphatic rings. The molecule has 0 aromatic carbocycles. The molecule has 0 fully saturated rings. The summed E-state index contributed by atoms with van der Waals surface area (Å²) in [5.41, 5.74) is 6.18. The van der Waals surface area contributed by atoms with Gasteiger partial charge in [-0.3, -0.25) is 4.79 Å². The first-order valence-electron chi connectivity index (χ1n) is 4.70. The highest BCUT2D eigenvalue weighted by Gasteiger charge is 2.34. The summed E-state index contributed by atoms with van der Waals surface area (Å²) >= 11 is 0.